The van der Waals surface area contributed by atoms with E-state index in [9.17, 15) is 4.79 Å². The van der Waals surface area contributed by atoms with Gasteiger partial charge in [0.05, 0.1) is 17.8 Å². The quantitative estimate of drug-likeness (QED) is 0.904. The van der Waals surface area contributed by atoms with E-state index in [1.165, 1.54) is 11.1 Å². The van der Waals surface area contributed by atoms with Crippen LogP contribution in [0.1, 0.15) is 29.8 Å². The molecule has 0 saturated heterocycles. The van der Waals surface area contributed by atoms with Crippen LogP contribution < -0.4 is 10.6 Å². The molecular weight excluding hydrogens is 262 g/mol. The molecule has 2 heterocycles. The van der Waals surface area contributed by atoms with Crippen molar-refractivity contribution in [1.29, 1.82) is 0 Å². The highest BCUT2D eigenvalue weighted by Crippen LogP contribution is 2.17. The number of carbonyl (C=O) groups is 1. The number of carbonyl (C=O) groups excluding carboxylic acids is 1. The molecule has 2 N–H and O–H groups in total. The van der Waals surface area contributed by atoms with E-state index >= 15 is 0 Å². The standard InChI is InChI=1S/C17H19N3O/c1-12(15-8-4-5-9-18-15)20-17(21)16-10-13-6-2-3-7-14(13)11-19-16/h2-9,12,16,19H,10-11H2,1H3,(H,20,21)/t12-,16-/m0/s1. The van der Waals surface area contributed by atoms with Gasteiger partial charge in [-0.3, -0.25) is 9.78 Å². The predicted molar refractivity (Wildman–Crippen MR) is 81.6 cm³/mol. The van der Waals surface area contributed by atoms with E-state index in [-0.39, 0.29) is 18.0 Å². The predicted octanol–water partition coefficient (Wildman–Crippen LogP) is 1.97. The monoisotopic (exact) mass is 281 g/mol. The van der Waals surface area contributed by atoms with Crippen molar-refractivity contribution in [2.45, 2.75) is 32.0 Å². The van der Waals surface area contributed by atoms with E-state index in [0.29, 0.717) is 0 Å². The minimum atomic E-state index is -0.175. The third kappa shape index (κ3) is 3.11. The van der Waals surface area contributed by atoms with Crippen LogP contribution in [0.3, 0.4) is 0 Å². The van der Waals surface area contributed by atoms with E-state index in [2.05, 4.69) is 27.8 Å². The van der Waals surface area contributed by atoms with Gasteiger partial charge in [0, 0.05) is 12.7 Å². The lowest BCUT2D eigenvalue weighted by Crippen LogP contribution is -2.48. The molecule has 1 aromatic heterocycles. The van der Waals surface area contributed by atoms with Crippen molar-refractivity contribution >= 4 is 5.91 Å². The first-order valence-electron chi connectivity index (χ1n) is 7.25. The Morgan fingerprint density at radius 1 is 1.24 bits per heavy atom. The average molecular weight is 281 g/mol. The molecule has 4 heteroatoms. The number of hydrogen-bond acceptors (Lipinski definition) is 3. The van der Waals surface area contributed by atoms with Crippen molar-refractivity contribution in [3.8, 4) is 0 Å². The third-order valence-corrected chi connectivity index (χ3v) is 3.89. The molecule has 2 aromatic rings. The Bertz CT molecular complexity index is 627. The van der Waals surface area contributed by atoms with Crippen LogP contribution in [0, 0.1) is 0 Å². The highest BCUT2D eigenvalue weighted by atomic mass is 16.2. The van der Waals surface area contributed by atoms with Gasteiger partial charge < -0.3 is 10.6 Å². The zero-order valence-corrected chi connectivity index (χ0v) is 12.0. The summed E-state index contributed by atoms with van der Waals surface area (Å²) in [5, 5.41) is 6.33. The van der Waals surface area contributed by atoms with Crippen LogP contribution in [0.4, 0.5) is 0 Å². The molecule has 0 radical (unpaired) electrons. The maximum absolute atomic E-state index is 12.4. The van der Waals surface area contributed by atoms with Crippen molar-refractivity contribution < 1.29 is 4.79 Å². The second kappa shape index (κ2) is 6.06. The van der Waals surface area contributed by atoms with E-state index in [4.69, 9.17) is 0 Å². The first-order chi connectivity index (χ1) is 10.2. The normalized spacial score (nSPS) is 18.6. The van der Waals surface area contributed by atoms with Crippen LogP contribution in [-0.4, -0.2) is 16.9 Å². The fraction of sp³-hybridized carbons (Fsp3) is 0.294. The molecule has 1 aromatic carbocycles. The summed E-state index contributed by atoms with van der Waals surface area (Å²) >= 11 is 0. The van der Waals surface area contributed by atoms with Crippen LogP contribution >= 0.6 is 0 Å². The Morgan fingerprint density at radius 2 is 2.00 bits per heavy atom. The van der Waals surface area contributed by atoms with Crippen LogP contribution in [0.2, 0.25) is 0 Å². The van der Waals surface area contributed by atoms with Gasteiger partial charge in [0.2, 0.25) is 5.91 Å². The van der Waals surface area contributed by atoms with Crippen molar-refractivity contribution in [1.82, 2.24) is 15.6 Å². The average Bonchev–Trinajstić information content (AvgIpc) is 2.55. The maximum Gasteiger partial charge on any atom is 0.238 e. The minimum Gasteiger partial charge on any atom is -0.347 e. The summed E-state index contributed by atoms with van der Waals surface area (Å²) in [6.45, 7) is 2.70. The Kier molecular flexibility index (Phi) is 3.97. The van der Waals surface area contributed by atoms with Crippen LogP contribution in [0.25, 0.3) is 0 Å². The van der Waals surface area contributed by atoms with Gasteiger partial charge in [-0.05, 0) is 36.6 Å². The minimum absolute atomic E-state index is 0.0302. The molecule has 21 heavy (non-hydrogen) atoms. The lowest BCUT2D eigenvalue weighted by molar-refractivity contribution is -0.124. The molecule has 0 aliphatic carbocycles. The highest BCUT2D eigenvalue weighted by Gasteiger charge is 2.25. The summed E-state index contributed by atoms with van der Waals surface area (Å²) in [6, 6.07) is 13.7. The number of hydrogen-bond donors (Lipinski definition) is 2. The summed E-state index contributed by atoms with van der Waals surface area (Å²) in [7, 11) is 0. The molecule has 0 spiro atoms. The zero-order chi connectivity index (χ0) is 14.7. The molecule has 4 nitrogen and oxygen atoms in total. The Morgan fingerprint density at radius 3 is 2.76 bits per heavy atom. The second-order valence-corrected chi connectivity index (χ2v) is 5.39. The molecule has 1 aliphatic rings. The molecule has 2 atom stereocenters. The first-order valence-corrected chi connectivity index (χ1v) is 7.25. The number of benzene rings is 1. The van der Waals surface area contributed by atoms with Gasteiger partial charge in [0.1, 0.15) is 0 Å². The van der Waals surface area contributed by atoms with Gasteiger partial charge in [-0.25, -0.2) is 0 Å². The van der Waals surface area contributed by atoms with Gasteiger partial charge >= 0.3 is 0 Å². The van der Waals surface area contributed by atoms with Crippen LogP contribution in [0.15, 0.2) is 48.7 Å². The Labute approximate surface area is 124 Å². The van der Waals surface area contributed by atoms with Gasteiger partial charge in [-0.1, -0.05) is 30.3 Å². The van der Waals surface area contributed by atoms with Crippen molar-refractivity contribution in [2.24, 2.45) is 0 Å². The second-order valence-electron chi connectivity index (χ2n) is 5.39. The van der Waals surface area contributed by atoms with E-state index < -0.39 is 0 Å². The number of rotatable bonds is 3. The van der Waals surface area contributed by atoms with Gasteiger partial charge in [0.25, 0.3) is 0 Å². The topological polar surface area (TPSA) is 54.0 Å². The molecule has 3 rings (SSSR count). The fourth-order valence-electron chi connectivity index (χ4n) is 2.66. The maximum atomic E-state index is 12.4. The summed E-state index contributed by atoms with van der Waals surface area (Å²) in [5.74, 6) is 0.0302. The van der Waals surface area contributed by atoms with Crippen molar-refractivity contribution in [3.63, 3.8) is 0 Å². The summed E-state index contributed by atoms with van der Waals surface area (Å²) in [5.41, 5.74) is 3.41. The zero-order valence-electron chi connectivity index (χ0n) is 12.0. The summed E-state index contributed by atoms with van der Waals surface area (Å²) < 4.78 is 0. The number of nitrogens with zero attached hydrogens (tertiary/aromatic N) is 1. The highest BCUT2D eigenvalue weighted by molar-refractivity contribution is 5.82. The molecule has 1 aliphatic heterocycles. The molecule has 0 saturated carbocycles. The Balaban J connectivity index is 1.65. The van der Waals surface area contributed by atoms with Gasteiger partial charge in [-0.2, -0.15) is 0 Å². The van der Waals surface area contributed by atoms with Crippen LogP contribution in [0.5, 0.6) is 0 Å². The number of pyridine rings is 1. The molecule has 108 valence electrons. The van der Waals surface area contributed by atoms with Gasteiger partial charge in [0.15, 0.2) is 0 Å². The molecule has 0 fully saturated rings. The number of aromatic nitrogens is 1. The number of fused-ring (bicyclic) bond motifs is 1. The number of amides is 1. The SMILES string of the molecule is C[C@H](NC(=O)[C@@H]1Cc2ccccc2CN1)c1ccccn1. The summed E-state index contributed by atoms with van der Waals surface area (Å²) in [4.78, 5) is 16.7. The largest absolute Gasteiger partial charge is 0.347 e. The Hall–Kier alpha value is -2.20. The van der Waals surface area contributed by atoms with E-state index in [0.717, 1.165) is 18.7 Å². The van der Waals surface area contributed by atoms with E-state index in [1.807, 2.05) is 37.3 Å². The van der Waals surface area contributed by atoms with Crippen molar-refractivity contribution in [2.75, 3.05) is 0 Å². The molecular formula is C17H19N3O. The van der Waals surface area contributed by atoms with Crippen molar-refractivity contribution in [3.05, 3.63) is 65.5 Å². The number of nitrogens with one attached hydrogen (secondary N) is 2. The smallest absolute Gasteiger partial charge is 0.238 e. The fourth-order valence-corrected chi connectivity index (χ4v) is 2.66. The molecule has 1 amide bonds. The first kappa shape index (κ1) is 13.8. The van der Waals surface area contributed by atoms with Crippen LogP contribution in [-0.2, 0) is 17.8 Å². The lowest BCUT2D eigenvalue weighted by atomic mass is 9.95. The van der Waals surface area contributed by atoms with E-state index in [1.54, 1.807) is 6.20 Å². The third-order valence-electron chi connectivity index (χ3n) is 3.89. The van der Waals surface area contributed by atoms with Gasteiger partial charge in [-0.15, -0.1) is 0 Å². The lowest BCUT2D eigenvalue weighted by Gasteiger charge is -2.26. The molecule has 0 bridgehead atoms. The summed E-state index contributed by atoms with van der Waals surface area (Å²) in [6.07, 6.45) is 2.48. The molecule has 0 unspecified atom stereocenters.